The van der Waals surface area contributed by atoms with Crippen molar-refractivity contribution in [1.82, 2.24) is 0 Å². The second-order valence-electron chi connectivity index (χ2n) is 4.55. The van der Waals surface area contributed by atoms with Gasteiger partial charge in [-0.1, -0.05) is 40.7 Å². The number of rotatable bonds is 1. The van der Waals surface area contributed by atoms with E-state index in [4.69, 9.17) is 0 Å². The lowest BCUT2D eigenvalue weighted by Gasteiger charge is -2.20. The maximum absolute atomic E-state index is 11.8. The summed E-state index contributed by atoms with van der Waals surface area (Å²) in [5.41, 5.74) is 0.872. The topological polar surface area (TPSA) is 17.1 Å². The quantitative estimate of drug-likeness (QED) is 0.616. The van der Waals surface area contributed by atoms with E-state index in [-0.39, 0.29) is 5.41 Å². The van der Waals surface area contributed by atoms with E-state index in [2.05, 4.69) is 6.08 Å². The molecule has 1 nitrogen and oxygen atoms in total. The zero-order chi connectivity index (χ0) is 11.2. The van der Waals surface area contributed by atoms with Crippen LogP contribution in [0, 0.1) is 5.41 Å². The highest BCUT2D eigenvalue weighted by Crippen LogP contribution is 2.26. The average Bonchev–Trinajstić information content (AvgIpc) is 2.20. The van der Waals surface area contributed by atoms with Crippen LogP contribution < -0.4 is 0 Å². The molecule has 0 heterocycles. The first kappa shape index (κ1) is 13.4. The van der Waals surface area contributed by atoms with Crippen LogP contribution in [-0.2, 0) is 4.79 Å². The zero-order valence-electron chi connectivity index (χ0n) is 10.3. The lowest BCUT2D eigenvalue weighted by Crippen LogP contribution is -2.22. The van der Waals surface area contributed by atoms with Crippen molar-refractivity contribution < 1.29 is 4.79 Å². The van der Waals surface area contributed by atoms with Gasteiger partial charge in [0.1, 0.15) is 0 Å². The van der Waals surface area contributed by atoms with Gasteiger partial charge in [0.25, 0.3) is 0 Å². The lowest BCUT2D eigenvalue weighted by atomic mass is 9.82. The molecule has 0 aromatic carbocycles. The summed E-state index contributed by atoms with van der Waals surface area (Å²) in [5.74, 6) is 0.335. The summed E-state index contributed by atoms with van der Waals surface area (Å²) in [4.78, 5) is 11.8. The third kappa shape index (κ3) is 4.08. The van der Waals surface area contributed by atoms with Gasteiger partial charge in [0.15, 0.2) is 5.78 Å². The first-order valence-corrected chi connectivity index (χ1v) is 5.75. The monoisotopic (exact) mass is 196 g/mol. The van der Waals surface area contributed by atoms with Crippen LogP contribution in [0.15, 0.2) is 11.6 Å². The van der Waals surface area contributed by atoms with Gasteiger partial charge in [-0.2, -0.15) is 0 Å². The van der Waals surface area contributed by atoms with Crippen molar-refractivity contribution in [3.8, 4) is 0 Å². The van der Waals surface area contributed by atoms with Gasteiger partial charge in [0.2, 0.25) is 0 Å². The molecule has 0 amide bonds. The molecule has 0 bridgehead atoms. The smallest absolute Gasteiger partial charge is 0.163 e. The molecule has 0 radical (unpaired) electrons. The Bertz CT molecular complexity index is 206. The highest BCUT2D eigenvalue weighted by molar-refractivity contribution is 5.99. The van der Waals surface area contributed by atoms with Gasteiger partial charge in [-0.05, 0) is 31.3 Å². The number of ketones is 1. The summed E-state index contributed by atoms with van der Waals surface area (Å²) in [6.07, 6.45) is 6.65. The molecule has 1 aliphatic carbocycles. The second kappa shape index (κ2) is 6.00. The van der Waals surface area contributed by atoms with Crippen LogP contribution in [-0.4, -0.2) is 5.78 Å². The zero-order valence-corrected chi connectivity index (χ0v) is 10.3. The van der Waals surface area contributed by atoms with Gasteiger partial charge in [0, 0.05) is 5.41 Å². The number of hydrogen-bond acceptors (Lipinski definition) is 1. The molecule has 0 saturated heterocycles. The number of carbonyl (C=O) groups is 1. The van der Waals surface area contributed by atoms with Gasteiger partial charge in [-0.3, -0.25) is 4.79 Å². The second-order valence-corrected chi connectivity index (χ2v) is 4.55. The highest BCUT2D eigenvalue weighted by Gasteiger charge is 2.24. The predicted octanol–water partition coefficient (Wildman–Crippen LogP) is 4.13. The van der Waals surface area contributed by atoms with E-state index >= 15 is 0 Å². The molecule has 1 aliphatic rings. The van der Waals surface area contributed by atoms with E-state index in [1.165, 1.54) is 12.8 Å². The lowest BCUT2D eigenvalue weighted by molar-refractivity contribution is -0.122. The molecule has 1 rings (SSSR count). The molecule has 1 heteroatoms. The minimum absolute atomic E-state index is 0.191. The Morgan fingerprint density at radius 1 is 1.21 bits per heavy atom. The van der Waals surface area contributed by atoms with Crippen LogP contribution in [0.1, 0.15) is 60.3 Å². The van der Waals surface area contributed by atoms with E-state index < -0.39 is 0 Å². The summed E-state index contributed by atoms with van der Waals surface area (Å²) < 4.78 is 0. The fourth-order valence-electron chi connectivity index (χ4n) is 1.53. The molecule has 0 atom stereocenters. The number of carbonyl (C=O) groups excluding carboxylic acids is 1. The summed E-state index contributed by atoms with van der Waals surface area (Å²) in [7, 11) is 0. The maximum atomic E-state index is 11.8. The summed E-state index contributed by atoms with van der Waals surface area (Å²) >= 11 is 0. The Morgan fingerprint density at radius 3 is 2.14 bits per heavy atom. The molecule has 0 aromatic rings. The first-order chi connectivity index (χ1) is 6.52. The number of Topliss-reactive ketones (excluding diaryl/α,β-unsaturated/α-hetero) is 1. The molecule has 0 N–H and O–H groups in total. The Morgan fingerprint density at radius 2 is 1.79 bits per heavy atom. The van der Waals surface area contributed by atoms with Crippen LogP contribution in [0.3, 0.4) is 0 Å². The Balaban J connectivity index is 0.000000791. The van der Waals surface area contributed by atoms with Crippen LogP contribution in [0.4, 0.5) is 0 Å². The van der Waals surface area contributed by atoms with Crippen molar-refractivity contribution in [2.45, 2.75) is 60.3 Å². The summed E-state index contributed by atoms with van der Waals surface area (Å²) in [6, 6.07) is 0. The van der Waals surface area contributed by atoms with E-state index in [1.54, 1.807) is 0 Å². The number of allylic oxidation sites excluding steroid dienone is 2. The normalized spacial score (nSPS) is 16.5. The van der Waals surface area contributed by atoms with Gasteiger partial charge in [-0.25, -0.2) is 0 Å². The highest BCUT2D eigenvalue weighted by atomic mass is 16.1. The third-order valence-corrected chi connectivity index (χ3v) is 2.26. The van der Waals surface area contributed by atoms with Gasteiger partial charge >= 0.3 is 0 Å². The standard InChI is InChI=1S/C11H18O.C2H6/c1-11(2,3)10(12)9-7-5-4-6-8-9;1-2/h7H,4-6,8H2,1-3H3;1-2H3. The minimum atomic E-state index is -0.191. The third-order valence-electron chi connectivity index (χ3n) is 2.26. The molecule has 0 saturated carbocycles. The summed E-state index contributed by atoms with van der Waals surface area (Å²) in [6.45, 7) is 9.97. The molecule has 0 spiro atoms. The molecule has 0 aromatic heterocycles. The fourth-order valence-corrected chi connectivity index (χ4v) is 1.53. The Kier molecular flexibility index (Phi) is 5.75. The first-order valence-electron chi connectivity index (χ1n) is 5.75. The SMILES string of the molecule is CC.CC(C)(C)C(=O)C1=CCCCC1. The minimum Gasteiger partial charge on any atom is -0.294 e. The van der Waals surface area contributed by atoms with E-state index in [0.29, 0.717) is 5.78 Å². The van der Waals surface area contributed by atoms with Crippen molar-refractivity contribution in [1.29, 1.82) is 0 Å². The van der Waals surface area contributed by atoms with Crippen LogP contribution >= 0.6 is 0 Å². The molecule has 0 unspecified atom stereocenters. The molecular weight excluding hydrogens is 172 g/mol. The Hall–Kier alpha value is -0.590. The predicted molar refractivity (Wildman–Crippen MR) is 62.4 cm³/mol. The summed E-state index contributed by atoms with van der Waals surface area (Å²) in [5, 5.41) is 0. The fraction of sp³-hybridized carbons (Fsp3) is 0.769. The Labute approximate surface area is 88.6 Å². The van der Waals surface area contributed by atoms with Gasteiger partial charge in [-0.15, -0.1) is 0 Å². The molecule has 0 fully saturated rings. The molecule has 82 valence electrons. The molecular formula is C13H24O. The van der Waals surface area contributed by atoms with Crippen LogP contribution in [0.2, 0.25) is 0 Å². The largest absolute Gasteiger partial charge is 0.294 e. The van der Waals surface area contributed by atoms with Crippen LogP contribution in [0.25, 0.3) is 0 Å². The van der Waals surface area contributed by atoms with Crippen LogP contribution in [0.5, 0.6) is 0 Å². The molecule has 14 heavy (non-hydrogen) atoms. The van der Waals surface area contributed by atoms with Crippen molar-refractivity contribution >= 4 is 5.78 Å². The van der Waals surface area contributed by atoms with E-state index in [1.807, 2.05) is 34.6 Å². The van der Waals surface area contributed by atoms with E-state index in [9.17, 15) is 4.79 Å². The van der Waals surface area contributed by atoms with Gasteiger partial charge < -0.3 is 0 Å². The average molecular weight is 196 g/mol. The van der Waals surface area contributed by atoms with Crippen molar-refractivity contribution in [2.75, 3.05) is 0 Å². The number of hydrogen-bond donors (Lipinski definition) is 0. The van der Waals surface area contributed by atoms with Crippen molar-refractivity contribution in [3.05, 3.63) is 11.6 Å². The van der Waals surface area contributed by atoms with E-state index in [0.717, 1.165) is 18.4 Å². The molecule has 0 aliphatic heterocycles. The van der Waals surface area contributed by atoms with Crippen molar-refractivity contribution in [3.63, 3.8) is 0 Å². The van der Waals surface area contributed by atoms with Crippen molar-refractivity contribution in [2.24, 2.45) is 5.41 Å². The van der Waals surface area contributed by atoms with Gasteiger partial charge in [0.05, 0.1) is 0 Å². The maximum Gasteiger partial charge on any atom is 0.163 e.